The third-order valence-electron chi connectivity index (χ3n) is 19.5. The highest BCUT2D eigenvalue weighted by Crippen LogP contribution is 2.65. The van der Waals surface area contributed by atoms with Gasteiger partial charge in [0.05, 0.1) is 16.8 Å². The van der Waals surface area contributed by atoms with E-state index >= 15 is 0 Å². The molecule has 1 spiro atoms. The van der Waals surface area contributed by atoms with E-state index in [9.17, 15) is 0 Å². The van der Waals surface area contributed by atoms with E-state index in [0.717, 1.165) is 106 Å². The van der Waals surface area contributed by atoms with Crippen LogP contribution in [0.3, 0.4) is 0 Å². The van der Waals surface area contributed by atoms with E-state index in [-0.39, 0.29) is 0 Å². The number of hydrogen-bond acceptors (Lipinski definition) is 3. The van der Waals surface area contributed by atoms with Gasteiger partial charge < -0.3 is 14.2 Å². The Bertz CT molecular complexity index is 5350. The van der Waals surface area contributed by atoms with Crippen molar-refractivity contribution in [3.63, 3.8) is 0 Å². The van der Waals surface area contributed by atoms with Gasteiger partial charge in [-0.2, -0.15) is 0 Å². The maximum Gasteiger partial charge on any atom is 0.135 e. The summed E-state index contributed by atoms with van der Waals surface area (Å²) in [4.78, 5) is 4.97. The minimum atomic E-state index is -0.640. The van der Waals surface area contributed by atoms with Gasteiger partial charge in [-0.1, -0.05) is 291 Å². The Morgan fingerprint density at radius 3 is 1.06 bits per heavy atom. The first-order valence-corrected chi connectivity index (χ1v) is 32.4. The van der Waals surface area contributed by atoms with Crippen LogP contribution in [0.2, 0.25) is 0 Å². The first-order valence-electron chi connectivity index (χ1n) is 32.4. The Kier molecular flexibility index (Phi) is 13.1. The van der Waals surface area contributed by atoms with Crippen molar-refractivity contribution in [3.05, 3.63) is 386 Å². The highest BCUT2D eigenvalue weighted by Gasteiger charge is 2.52. The third kappa shape index (κ3) is 8.89. The van der Waals surface area contributed by atoms with Gasteiger partial charge >= 0.3 is 0 Å². The average molecular weight is 1200 g/mol. The predicted octanol–water partition coefficient (Wildman–Crippen LogP) is 24.9. The zero-order valence-electron chi connectivity index (χ0n) is 51.4. The molecule has 3 nitrogen and oxygen atoms in total. The van der Waals surface area contributed by atoms with E-state index in [1.807, 2.05) is 6.07 Å². The van der Waals surface area contributed by atoms with Crippen LogP contribution in [0.15, 0.2) is 368 Å². The zero-order chi connectivity index (χ0) is 62.1. The molecule has 0 bridgehead atoms. The van der Waals surface area contributed by atoms with Gasteiger partial charge in [-0.3, -0.25) is 0 Å². The molecule has 94 heavy (non-hydrogen) atoms. The van der Waals surface area contributed by atoms with Crippen molar-refractivity contribution in [1.29, 1.82) is 0 Å². The Morgan fingerprint density at radius 1 is 0.202 bits per heavy atom. The number of benzene rings is 15. The molecule has 0 radical (unpaired) electrons. The lowest BCUT2D eigenvalue weighted by molar-refractivity contribution is 0.669. The largest absolute Gasteiger partial charge is 0.456 e. The van der Waals surface area contributed by atoms with Gasteiger partial charge in [0.2, 0.25) is 0 Å². The number of nitrogens with zero attached hydrogens (tertiary/aromatic N) is 2. The Balaban J connectivity index is 0.910. The minimum Gasteiger partial charge on any atom is -0.456 e. The van der Waals surface area contributed by atoms with Crippen LogP contribution in [0.5, 0.6) is 0 Å². The van der Waals surface area contributed by atoms with Gasteiger partial charge in [0.15, 0.2) is 0 Å². The molecule has 2 aliphatic rings. The van der Waals surface area contributed by atoms with Crippen molar-refractivity contribution in [2.45, 2.75) is 5.41 Å². The second-order valence-electron chi connectivity index (χ2n) is 24.6. The maximum absolute atomic E-state index is 6.41. The first kappa shape index (κ1) is 54.6. The number of hydrogen-bond donors (Lipinski definition) is 0. The molecule has 0 saturated carbocycles. The van der Waals surface area contributed by atoms with Crippen molar-refractivity contribution >= 4 is 56.1 Å². The molecule has 0 fully saturated rings. The average Bonchev–Trinajstić information content (AvgIpc) is 1.50. The molecule has 1 unspecified atom stereocenters. The predicted molar refractivity (Wildman–Crippen MR) is 392 cm³/mol. The van der Waals surface area contributed by atoms with Crippen LogP contribution in [0.4, 0.5) is 34.1 Å². The lowest BCUT2D eigenvalue weighted by atomic mass is 9.70. The van der Waals surface area contributed by atoms with Crippen molar-refractivity contribution in [3.8, 4) is 89.0 Å². The normalized spacial score (nSPS) is 13.4. The third-order valence-corrected chi connectivity index (χ3v) is 19.5. The summed E-state index contributed by atoms with van der Waals surface area (Å²) >= 11 is 0. The van der Waals surface area contributed by atoms with Crippen LogP contribution in [0.25, 0.3) is 111 Å². The second-order valence-corrected chi connectivity index (χ2v) is 24.6. The number of furan rings is 1. The summed E-state index contributed by atoms with van der Waals surface area (Å²) in [5, 5.41) is 2.24. The molecule has 0 N–H and O–H groups in total. The van der Waals surface area contributed by atoms with E-state index in [0.29, 0.717) is 0 Å². The van der Waals surface area contributed by atoms with Gasteiger partial charge in [-0.15, -0.1) is 0 Å². The van der Waals surface area contributed by atoms with Crippen molar-refractivity contribution < 1.29 is 4.42 Å². The van der Waals surface area contributed by atoms with Crippen LogP contribution in [-0.4, -0.2) is 0 Å². The molecule has 0 saturated heterocycles. The Morgan fingerprint density at radius 2 is 0.564 bits per heavy atom. The monoisotopic (exact) mass is 1200 g/mol. The molecule has 1 aromatic heterocycles. The molecule has 3 heteroatoms. The number of fused-ring (bicyclic) bond motifs is 13. The minimum absolute atomic E-state index is 0.640. The molecule has 1 atom stereocenters. The molecular weight excluding hydrogens is 1140 g/mol. The number of para-hydroxylation sites is 3. The van der Waals surface area contributed by atoms with Crippen LogP contribution in [0.1, 0.15) is 22.3 Å². The summed E-state index contributed by atoms with van der Waals surface area (Å²) in [5.74, 6) is 0. The van der Waals surface area contributed by atoms with Crippen molar-refractivity contribution in [1.82, 2.24) is 0 Å². The van der Waals surface area contributed by atoms with Crippen molar-refractivity contribution in [2.24, 2.45) is 0 Å². The topological polar surface area (TPSA) is 19.6 Å². The van der Waals surface area contributed by atoms with Crippen LogP contribution < -0.4 is 9.80 Å². The zero-order valence-corrected chi connectivity index (χ0v) is 51.4. The van der Waals surface area contributed by atoms with E-state index in [4.69, 9.17) is 4.42 Å². The fourth-order valence-electron chi connectivity index (χ4n) is 15.4. The number of anilines is 6. The fraction of sp³-hybridized carbons (Fsp3) is 0.0110. The smallest absolute Gasteiger partial charge is 0.135 e. The summed E-state index contributed by atoms with van der Waals surface area (Å²) in [6.45, 7) is 0. The van der Waals surface area contributed by atoms with E-state index in [2.05, 4.69) is 368 Å². The number of rotatable bonds is 12. The molecule has 440 valence electrons. The Labute approximate surface area is 547 Å². The summed E-state index contributed by atoms with van der Waals surface area (Å²) in [5.41, 5.74) is 31.2. The van der Waals surface area contributed by atoms with Crippen LogP contribution in [0, 0.1) is 0 Å². The van der Waals surface area contributed by atoms with E-state index in [1.165, 1.54) is 61.2 Å². The molecule has 2 aliphatic carbocycles. The first-order chi connectivity index (χ1) is 46.6. The van der Waals surface area contributed by atoms with Gasteiger partial charge in [0.1, 0.15) is 11.2 Å². The highest BCUT2D eigenvalue weighted by molar-refractivity contribution is 6.09. The van der Waals surface area contributed by atoms with E-state index < -0.39 is 5.41 Å². The van der Waals surface area contributed by atoms with E-state index in [1.54, 1.807) is 0 Å². The van der Waals surface area contributed by atoms with Gasteiger partial charge in [0, 0.05) is 44.6 Å². The lowest BCUT2D eigenvalue weighted by Gasteiger charge is -2.32. The second kappa shape index (κ2) is 22.6. The summed E-state index contributed by atoms with van der Waals surface area (Å²) in [7, 11) is 0. The summed E-state index contributed by atoms with van der Waals surface area (Å²) in [6.07, 6.45) is 0. The molecule has 1 heterocycles. The molecule has 0 amide bonds. The molecular formula is C91H60N2O. The Hall–Kier alpha value is -12.3. The standard InChI is InChI=1S/C91H60N2O/c1-5-25-61(26-6-1)63-47-52-69(53-48-63)92(85-44-20-15-33-73(85)65-29-9-3-10-30-65)71-57-68(58-72(60-71)93(70-54-49-64(50-55-70)62-27-7-2-8-28-62)86-45-21-16-34-74(86)66-31-11-4-12-32-66)76-39-24-43-84-90(76)79-37-14-19-41-82(79)91(84)81-40-18-13-36-78(81)89-75(38-23-42-83(89)91)67-51-56-88-80(59-67)77-35-17-22-46-87(77)94-88/h1-60H. The van der Waals surface area contributed by atoms with Crippen molar-refractivity contribution in [2.75, 3.05) is 9.80 Å². The lowest BCUT2D eigenvalue weighted by Crippen LogP contribution is -2.25. The molecule has 16 aromatic rings. The highest BCUT2D eigenvalue weighted by atomic mass is 16.3. The maximum atomic E-state index is 6.41. The van der Waals surface area contributed by atoms with Gasteiger partial charge in [0.25, 0.3) is 0 Å². The fourth-order valence-corrected chi connectivity index (χ4v) is 15.4. The molecule has 15 aromatic carbocycles. The van der Waals surface area contributed by atoms with Crippen LogP contribution in [-0.2, 0) is 5.41 Å². The quantitative estimate of drug-likeness (QED) is 0.122. The van der Waals surface area contributed by atoms with Crippen LogP contribution >= 0.6 is 0 Å². The van der Waals surface area contributed by atoms with Gasteiger partial charge in [-0.25, -0.2) is 0 Å². The van der Waals surface area contributed by atoms with Gasteiger partial charge in [-0.05, 0) is 173 Å². The summed E-state index contributed by atoms with van der Waals surface area (Å²) in [6, 6.07) is 134. The molecule has 0 aliphatic heterocycles. The summed E-state index contributed by atoms with van der Waals surface area (Å²) < 4.78 is 6.41. The SMILES string of the molecule is c1ccc(-c2ccc(N(c3cc(-c4cccc5c4-c4ccccc4C54c5ccccc5-c5c(-c6ccc7oc8ccccc8c7c6)cccc54)cc(N(c4ccc(-c5ccccc5)cc4)c4ccccc4-c4ccccc4)c3)c3ccccc3-c3ccccc3)cc2)cc1. The molecule has 18 rings (SSSR count).